The molecular formula is C11H14N2O3. The van der Waals surface area contributed by atoms with Crippen LogP contribution in [0.15, 0.2) is 24.3 Å². The molecule has 0 radical (unpaired) electrons. The van der Waals surface area contributed by atoms with E-state index in [-0.39, 0.29) is 18.1 Å². The smallest absolute Gasteiger partial charge is 0.240 e. The van der Waals surface area contributed by atoms with Gasteiger partial charge in [-0.05, 0) is 0 Å². The Bertz CT molecular complexity index is 373. The standard InChI is InChI=1S/C11H14N2O3/c12-9-10(14)13-7-3-1-2-4-8(7)16-11(9)5-15-6-11/h1-4,7-9H,5-6,12H2,(H,13,14). The van der Waals surface area contributed by atoms with Crippen LogP contribution in [0.3, 0.4) is 0 Å². The van der Waals surface area contributed by atoms with E-state index in [1.807, 2.05) is 24.3 Å². The Morgan fingerprint density at radius 3 is 2.81 bits per heavy atom. The molecule has 0 aromatic rings. The zero-order chi connectivity index (χ0) is 11.2. The first-order valence-electron chi connectivity index (χ1n) is 5.38. The zero-order valence-corrected chi connectivity index (χ0v) is 8.76. The molecule has 0 bridgehead atoms. The summed E-state index contributed by atoms with van der Waals surface area (Å²) in [6.07, 6.45) is 7.51. The molecule has 5 nitrogen and oxygen atoms in total. The average molecular weight is 222 g/mol. The lowest BCUT2D eigenvalue weighted by Crippen LogP contribution is -2.66. The average Bonchev–Trinajstić information content (AvgIpc) is 2.34. The van der Waals surface area contributed by atoms with Crippen molar-refractivity contribution in [3.63, 3.8) is 0 Å². The molecule has 2 saturated heterocycles. The summed E-state index contributed by atoms with van der Waals surface area (Å²) in [5.74, 6) is -0.171. The normalized spacial score (nSPS) is 39.8. The summed E-state index contributed by atoms with van der Waals surface area (Å²) in [6, 6.07) is -0.780. The van der Waals surface area contributed by atoms with Crippen LogP contribution in [0, 0.1) is 0 Å². The first-order valence-corrected chi connectivity index (χ1v) is 5.38. The third kappa shape index (κ3) is 1.32. The predicted molar refractivity (Wildman–Crippen MR) is 56.6 cm³/mol. The molecule has 2 fully saturated rings. The molecule has 0 aromatic heterocycles. The molecule has 3 unspecified atom stereocenters. The Morgan fingerprint density at radius 2 is 2.12 bits per heavy atom. The minimum absolute atomic E-state index is 0.122. The van der Waals surface area contributed by atoms with Crippen molar-refractivity contribution in [3.05, 3.63) is 24.3 Å². The van der Waals surface area contributed by atoms with Crippen molar-refractivity contribution >= 4 is 5.91 Å². The fourth-order valence-electron chi connectivity index (χ4n) is 2.22. The zero-order valence-electron chi connectivity index (χ0n) is 8.76. The number of carbonyl (C=O) groups is 1. The van der Waals surface area contributed by atoms with E-state index in [9.17, 15) is 4.79 Å². The van der Waals surface area contributed by atoms with Gasteiger partial charge in [0, 0.05) is 0 Å². The Balaban J connectivity index is 1.91. The van der Waals surface area contributed by atoms with Crippen LogP contribution in [0.1, 0.15) is 0 Å². The molecule has 1 amide bonds. The highest BCUT2D eigenvalue weighted by molar-refractivity contribution is 5.84. The van der Waals surface area contributed by atoms with Crippen LogP contribution < -0.4 is 11.1 Å². The molecule has 3 aliphatic rings. The maximum absolute atomic E-state index is 11.8. The molecule has 3 atom stereocenters. The van der Waals surface area contributed by atoms with Crippen LogP contribution in [-0.4, -0.2) is 42.9 Å². The second-order valence-corrected chi connectivity index (χ2v) is 4.42. The summed E-state index contributed by atoms with van der Waals surface area (Å²) >= 11 is 0. The van der Waals surface area contributed by atoms with E-state index in [2.05, 4.69) is 5.32 Å². The van der Waals surface area contributed by atoms with Crippen molar-refractivity contribution in [1.29, 1.82) is 0 Å². The van der Waals surface area contributed by atoms with Crippen molar-refractivity contribution in [1.82, 2.24) is 5.32 Å². The monoisotopic (exact) mass is 222 g/mol. The molecule has 1 spiro atoms. The molecule has 0 saturated carbocycles. The summed E-state index contributed by atoms with van der Waals surface area (Å²) in [7, 11) is 0. The number of rotatable bonds is 0. The van der Waals surface area contributed by atoms with Crippen LogP contribution in [0.4, 0.5) is 0 Å². The fraction of sp³-hybridized carbons (Fsp3) is 0.545. The SMILES string of the molecule is NC1C(=O)NC2C=CC=CC2OC12COC2. The van der Waals surface area contributed by atoms with E-state index < -0.39 is 11.6 Å². The summed E-state index contributed by atoms with van der Waals surface area (Å²) in [4.78, 5) is 11.8. The van der Waals surface area contributed by atoms with Crippen molar-refractivity contribution < 1.29 is 14.3 Å². The molecule has 5 heteroatoms. The van der Waals surface area contributed by atoms with E-state index in [1.54, 1.807) is 0 Å². The van der Waals surface area contributed by atoms with Crippen molar-refractivity contribution in [2.24, 2.45) is 5.73 Å². The third-order valence-electron chi connectivity index (χ3n) is 3.31. The lowest BCUT2D eigenvalue weighted by Gasteiger charge is -2.44. The van der Waals surface area contributed by atoms with Crippen LogP contribution in [-0.2, 0) is 14.3 Å². The number of amides is 1. The molecule has 16 heavy (non-hydrogen) atoms. The Hall–Kier alpha value is -1.17. The number of hydrogen-bond donors (Lipinski definition) is 2. The molecule has 2 aliphatic heterocycles. The van der Waals surface area contributed by atoms with Crippen LogP contribution >= 0.6 is 0 Å². The van der Waals surface area contributed by atoms with Crippen LogP contribution in [0.2, 0.25) is 0 Å². The molecule has 2 heterocycles. The molecule has 0 aromatic carbocycles. The number of hydrogen-bond acceptors (Lipinski definition) is 4. The lowest BCUT2D eigenvalue weighted by molar-refractivity contribution is -0.227. The summed E-state index contributed by atoms with van der Waals surface area (Å²) in [5, 5.41) is 2.87. The van der Waals surface area contributed by atoms with E-state index in [1.165, 1.54) is 0 Å². The first kappa shape index (κ1) is 10.0. The second kappa shape index (κ2) is 3.41. The number of nitrogens with two attached hydrogens (primary N) is 1. The minimum atomic E-state index is -0.659. The molecule has 1 aliphatic carbocycles. The Labute approximate surface area is 93.3 Å². The molecule has 3 N–H and O–H groups in total. The highest BCUT2D eigenvalue weighted by Crippen LogP contribution is 2.31. The van der Waals surface area contributed by atoms with Crippen molar-refractivity contribution in [2.45, 2.75) is 23.8 Å². The van der Waals surface area contributed by atoms with Gasteiger partial charge in [0.1, 0.15) is 17.7 Å². The van der Waals surface area contributed by atoms with Gasteiger partial charge in [-0.2, -0.15) is 0 Å². The minimum Gasteiger partial charge on any atom is -0.375 e. The van der Waals surface area contributed by atoms with Gasteiger partial charge in [0.2, 0.25) is 5.91 Å². The largest absolute Gasteiger partial charge is 0.375 e. The van der Waals surface area contributed by atoms with Gasteiger partial charge >= 0.3 is 0 Å². The highest BCUT2D eigenvalue weighted by atomic mass is 16.6. The van der Waals surface area contributed by atoms with Crippen molar-refractivity contribution in [2.75, 3.05) is 13.2 Å². The lowest BCUT2D eigenvalue weighted by atomic mass is 9.92. The van der Waals surface area contributed by atoms with Gasteiger partial charge in [-0.3, -0.25) is 4.79 Å². The van der Waals surface area contributed by atoms with E-state index in [4.69, 9.17) is 15.2 Å². The van der Waals surface area contributed by atoms with Gasteiger partial charge in [0.25, 0.3) is 0 Å². The van der Waals surface area contributed by atoms with Gasteiger partial charge in [0.15, 0.2) is 0 Å². The number of ether oxygens (including phenoxy) is 2. The second-order valence-electron chi connectivity index (χ2n) is 4.42. The number of fused-ring (bicyclic) bond motifs is 1. The Morgan fingerprint density at radius 1 is 1.38 bits per heavy atom. The summed E-state index contributed by atoms with van der Waals surface area (Å²) in [5.41, 5.74) is 5.27. The van der Waals surface area contributed by atoms with Crippen LogP contribution in [0.5, 0.6) is 0 Å². The molecular weight excluding hydrogens is 208 g/mol. The fourth-order valence-corrected chi connectivity index (χ4v) is 2.22. The van der Waals surface area contributed by atoms with Gasteiger partial charge in [0.05, 0.1) is 19.3 Å². The molecule has 3 rings (SSSR count). The Kier molecular flexibility index (Phi) is 2.14. The highest BCUT2D eigenvalue weighted by Gasteiger charge is 2.53. The maximum atomic E-state index is 11.8. The number of allylic oxidation sites excluding steroid dienone is 2. The van der Waals surface area contributed by atoms with E-state index in [0.29, 0.717) is 13.2 Å². The van der Waals surface area contributed by atoms with E-state index >= 15 is 0 Å². The van der Waals surface area contributed by atoms with Crippen LogP contribution in [0.25, 0.3) is 0 Å². The van der Waals surface area contributed by atoms with E-state index in [0.717, 1.165) is 0 Å². The summed E-state index contributed by atoms with van der Waals surface area (Å²) in [6.45, 7) is 0.782. The maximum Gasteiger partial charge on any atom is 0.240 e. The predicted octanol–water partition coefficient (Wildman–Crippen LogP) is -0.908. The summed E-state index contributed by atoms with van der Waals surface area (Å²) < 4.78 is 11.1. The third-order valence-corrected chi connectivity index (χ3v) is 3.31. The van der Waals surface area contributed by atoms with Gasteiger partial charge < -0.3 is 20.5 Å². The topological polar surface area (TPSA) is 73.6 Å². The van der Waals surface area contributed by atoms with Crippen molar-refractivity contribution in [3.8, 4) is 0 Å². The number of carbonyl (C=O) groups excluding carboxylic acids is 1. The van der Waals surface area contributed by atoms with Gasteiger partial charge in [-0.25, -0.2) is 0 Å². The first-order chi connectivity index (χ1) is 7.71. The molecule has 86 valence electrons. The number of nitrogens with one attached hydrogen (secondary N) is 1. The van der Waals surface area contributed by atoms with Gasteiger partial charge in [-0.15, -0.1) is 0 Å². The quantitative estimate of drug-likeness (QED) is 0.556. The van der Waals surface area contributed by atoms with Gasteiger partial charge in [-0.1, -0.05) is 24.3 Å².